The van der Waals surface area contributed by atoms with E-state index >= 15 is 0 Å². The Hall–Kier alpha value is -2.67. The van der Waals surface area contributed by atoms with Crippen molar-refractivity contribution in [2.24, 2.45) is 5.92 Å². The van der Waals surface area contributed by atoms with Crippen LogP contribution < -0.4 is 5.32 Å². The molecule has 1 aliphatic rings. The molecule has 3 aromatic rings. The second-order valence-corrected chi connectivity index (χ2v) is 8.25. The summed E-state index contributed by atoms with van der Waals surface area (Å²) in [6, 6.07) is 6.17. The molecule has 0 bridgehead atoms. The van der Waals surface area contributed by atoms with Crippen molar-refractivity contribution in [1.82, 2.24) is 24.8 Å². The van der Waals surface area contributed by atoms with Crippen LogP contribution in [0.2, 0.25) is 0 Å². The molecule has 7 heteroatoms. The summed E-state index contributed by atoms with van der Waals surface area (Å²) in [4.78, 5) is 23.8. The molecule has 0 aliphatic carbocycles. The van der Waals surface area contributed by atoms with Crippen LogP contribution in [0.5, 0.6) is 0 Å². The summed E-state index contributed by atoms with van der Waals surface area (Å²) in [5, 5.41) is 3.08. The number of aryl methyl sites for hydroxylation is 1. The van der Waals surface area contributed by atoms with Gasteiger partial charge in [-0.25, -0.2) is 9.97 Å². The van der Waals surface area contributed by atoms with Gasteiger partial charge in [0.25, 0.3) is 5.91 Å². The van der Waals surface area contributed by atoms with E-state index in [4.69, 9.17) is 4.42 Å². The molecule has 0 aromatic carbocycles. The number of aromatic nitrogens is 3. The highest BCUT2D eigenvalue weighted by Crippen LogP contribution is 2.20. The first-order chi connectivity index (χ1) is 14.0. The summed E-state index contributed by atoms with van der Waals surface area (Å²) in [7, 11) is 0. The first-order valence-corrected chi connectivity index (χ1v) is 10.4. The van der Waals surface area contributed by atoms with Gasteiger partial charge < -0.3 is 14.3 Å². The molecule has 4 heterocycles. The third-order valence-corrected chi connectivity index (χ3v) is 5.67. The Kier molecular flexibility index (Phi) is 5.67. The van der Waals surface area contributed by atoms with E-state index in [1.165, 1.54) is 0 Å². The average molecular weight is 396 g/mol. The van der Waals surface area contributed by atoms with Crippen molar-refractivity contribution in [3.63, 3.8) is 0 Å². The Balaban J connectivity index is 1.27. The standard InChI is InChI=1S/C22H29N5O2/c1-15(2)27-14-25-20-10-18(12-23-21(20)27)22(28)24-11-17-6-8-26(9-7-17)13-19-5-4-16(3)29-19/h4-5,10,12,14-15,17H,6-9,11,13H2,1-3H3,(H,24,28). The Labute approximate surface area is 171 Å². The van der Waals surface area contributed by atoms with Crippen LogP contribution >= 0.6 is 0 Å². The molecule has 0 saturated carbocycles. The zero-order valence-electron chi connectivity index (χ0n) is 17.4. The van der Waals surface area contributed by atoms with E-state index < -0.39 is 0 Å². The number of piperidine rings is 1. The summed E-state index contributed by atoms with van der Waals surface area (Å²) in [6.07, 6.45) is 5.58. The van der Waals surface area contributed by atoms with Crippen LogP contribution in [0.3, 0.4) is 0 Å². The number of carbonyl (C=O) groups excluding carboxylic acids is 1. The monoisotopic (exact) mass is 395 g/mol. The maximum absolute atomic E-state index is 12.6. The topological polar surface area (TPSA) is 76.2 Å². The number of likely N-dealkylation sites (tertiary alicyclic amines) is 1. The molecular formula is C22H29N5O2. The molecule has 154 valence electrons. The van der Waals surface area contributed by atoms with Crippen LogP contribution in [0.15, 0.2) is 35.1 Å². The van der Waals surface area contributed by atoms with Crippen LogP contribution in [0.1, 0.15) is 54.6 Å². The summed E-state index contributed by atoms with van der Waals surface area (Å²) >= 11 is 0. The van der Waals surface area contributed by atoms with Crippen LogP contribution in [0, 0.1) is 12.8 Å². The van der Waals surface area contributed by atoms with Gasteiger partial charge in [-0.05, 0) is 70.8 Å². The maximum Gasteiger partial charge on any atom is 0.252 e. The summed E-state index contributed by atoms with van der Waals surface area (Å²) in [5.41, 5.74) is 2.14. The molecule has 1 saturated heterocycles. The van der Waals surface area contributed by atoms with Crippen molar-refractivity contribution in [3.05, 3.63) is 47.8 Å². The number of imidazole rings is 1. The lowest BCUT2D eigenvalue weighted by molar-refractivity contribution is 0.0934. The Bertz CT molecular complexity index is 982. The predicted octanol–water partition coefficient (Wildman–Crippen LogP) is 3.56. The van der Waals surface area contributed by atoms with E-state index in [0.717, 1.165) is 55.2 Å². The van der Waals surface area contributed by atoms with Crippen LogP contribution in [-0.4, -0.2) is 45.0 Å². The fraction of sp³-hybridized carbons (Fsp3) is 0.500. The molecule has 1 aliphatic heterocycles. The highest BCUT2D eigenvalue weighted by atomic mass is 16.3. The third kappa shape index (κ3) is 4.50. The average Bonchev–Trinajstić information content (AvgIpc) is 3.32. The molecule has 1 N–H and O–H groups in total. The molecule has 1 amide bonds. The van der Waals surface area contributed by atoms with Gasteiger partial charge in [0, 0.05) is 18.8 Å². The van der Waals surface area contributed by atoms with Gasteiger partial charge in [0.15, 0.2) is 5.65 Å². The van der Waals surface area contributed by atoms with E-state index in [2.05, 4.69) is 40.1 Å². The van der Waals surface area contributed by atoms with Gasteiger partial charge in [-0.2, -0.15) is 0 Å². The van der Waals surface area contributed by atoms with E-state index in [9.17, 15) is 4.79 Å². The number of amides is 1. The summed E-state index contributed by atoms with van der Waals surface area (Å²) in [5.74, 6) is 2.41. The molecule has 0 atom stereocenters. The highest BCUT2D eigenvalue weighted by Gasteiger charge is 2.21. The largest absolute Gasteiger partial charge is 0.465 e. The third-order valence-electron chi connectivity index (χ3n) is 5.67. The quantitative estimate of drug-likeness (QED) is 0.691. The van der Waals surface area contributed by atoms with Gasteiger partial charge in [0.05, 0.1) is 18.4 Å². The van der Waals surface area contributed by atoms with Gasteiger partial charge in [0.1, 0.15) is 17.0 Å². The van der Waals surface area contributed by atoms with Gasteiger partial charge in [0.2, 0.25) is 0 Å². The van der Waals surface area contributed by atoms with E-state index in [0.29, 0.717) is 18.0 Å². The minimum Gasteiger partial charge on any atom is -0.465 e. The van der Waals surface area contributed by atoms with Crippen molar-refractivity contribution in [2.45, 2.75) is 46.2 Å². The van der Waals surface area contributed by atoms with Crippen molar-refractivity contribution < 1.29 is 9.21 Å². The summed E-state index contributed by atoms with van der Waals surface area (Å²) in [6.45, 7) is 9.77. The molecule has 1 fully saturated rings. The smallest absolute Gasteiger partial charge is 0.252 e. The second kappa shape index (κ2) is 8.37. The Morgan fingerprint density at radius 2 is 2.07 bits per heavy atom. The van der Waals surface area contributed by atoms with Crippen LogP contribution in [0.25, 0.3) is 11.2 Å². The minimum atomic E-state index is -0.0769. The molecular weight excluding hydrogens is 366 g/mol. The van der Waals surface area contributed by atoms with Gasteiger partial charge >= 0.3 is 0 Å². The number of hydrogen-bond donors (Lipinski definition) is 1. The van der Waals surface area contributed by atoms with Crippen molar-refractivity contribution in [3.8, 4) is 0 Å². The first kappa shape index (κ1) is 19.6. The number of pyridine rings is 1. The number of rotatable bonds is 6. The van der Waals surface area contributed by atoms with Gasteiger partial charge in [-0.3, -0.25) is 9.69 Å². The van der Waals surface area contributed by atoms with Gasteiger partial charge in [-0.1, -0.05) is 0 Å². The lowest BCUT2D eigenvalue weighted by atomic mass is 9.96. The molecule has 29 heavy (non-hydrogen) atoms. The van der Waals surface area contributed by atoms with Crippen molar-refractivity contribution >= 4 is 17.1 Å². The van der Waals surface area contributed by atoms with E-state index in [1.54, 1.807) is 12.5 Å². The zero-order valence-corrected chi connectivity index (χ0v) is 17.4. The molecule has 3 aromatic heterocycles. The maximum atomic E-state index is 12.6. The number of nitrogens with zero attached hydrogens (tertiary/aromatic N) is 4. The minimum absolute atomic E-state index is 0.0769. The number of hydrogen-bond acceptors (Lipinski definition) is 5. The van der Waals surface area contributed by atoms with Crippen LogP contribution in [-0.2, 0) is 6.54 Å². The summed E-state index contributed by atoms with van der Waals surface area (Å²) < 4.78 is 7.68. The number of furan rings is 1. The lowest BCUT2D eigenvalue weighted by Crippen LogP contribution is -2.38. The van der Waals surface area contributed by atoms with Crippen molar-refractivity contribution in [1.29, 1.82) is 0 Å². The normalized spacial score (nSPS) is 16.0. The molecule has 7 nitrogen and oxygen atoms in total. The second-order valence-electron chi connectivity index (χ2n) is 8.25. The van der Waals surface area contributed by atoms with E-state index in [1.807, 2.05) is 23.6 Å². The van der Waals surface area contributed by atoms with E-state index in [-0.39, 0.29) is 11.9 Å². The highest BCUT2D eigenvalue weighted by molar-refractivity contribution is 5.96. The fourth-order valence-corrected chi connectivity index (χ4v) is 3.90. The SMILES string of the molecule is Cc1ccc(CN2CCC(CNC(=O)c3cnc4c(c3)ncn4C(C)C)CC2)o1. The number of fused-ring (bicyclic) bond motifs is 1. The number of nitrogens with one attached hydrogen (secondary N) is 1. The number of carbonyl (C=O) groups is 1. The first-order valence-electron chi connectivity index (χ1n) is 10.4. The van der Waals surface area contributed by atoms with Crippen LogP contribution in [0.4, 0.5) is 0 Å². The molecule has 0 unspecified atom stereocenters. The molecule has 4 rings (SSSR count). The molecule has 0 spiro atoms. The predicted molar refractivity (Wildman–Crippen MR) is 112 cm³/mol. The Morgan fingerprint density at radius 1 is 1.28 bits per heavy atom. The molecule has 0 radical (unpaired) electrons. The lowest BCUT2D eigenvalue weighted by Gasteiger charge is -2.31. The zero-order chi connectivity index (χ0) is 20.4. The van der Waals surface area contributed by atoms with Crippen molar-refractivity contribution in [2.75, 3.05) is 19.6 Å². The Morgan fingerprint density at radius 3 is 2.76 bits per heavy atom. The fourth-order valence-electron chi connectivity index (χ4n) is 3.90. The van der Waals surface area contributed by atoms with Gasteiger partial charge in [-0.15, -0.1) is 0 Å².